The van der Waals surface area contributed by atoms with Crippen molar-refractivity contribution in [1.29, 1.82) is 0 Å². The number of rotatable bonds is 6. The molecule has 3 aromatic rings. The van der Waals surface area contributed by atoms with E-state index in [2.05, 4.69) is 29.8 Å². The molecule has 0 bridgehead atoms. The highest BCUT2D eigenvalue weighted by molar-refractivity contribution is 5.78. The van der Waals surface area contributed by atoms with Gasteiger partial charge in [0.15, 0.2) is 0 Å². The van der Waals surface area contributed by atoms with Gasteiger partial charge in [0.25, 0.3) is 0 Å². The molecule has 2 atom stereocenters. The fourth-order valence-corrected chi connectivity index (χ4v) is 3.29. The molecule has 0 aliphatic heterocycles. The summed E-state index contributed by atoms with van der Waals surface area (Å²) in [5.41, 5.74) is 9.16. The van der Waals surface area contributed by atoms with Crippen molar-refractivity contribution in [2.24, 2.45) is 5.73 Å². The van der Waals surface area contributed by atoms with Gasteiger partial charge in [-0.05, 0) is 38.5 Å². The van der Waals surface area contributed by atoms with Crippen molar-refractivity contribution in [1.82, 2.24) is 14.9 Å². The number of benzene rings is 2. The maximum atomic E-state index is 12.5. The average Bonchev–Trinajstić information content (AvgIpc) is 3.02. The molecule has 0 spiro atoms. The van der Waals surface area contributed by atoms with E-state index in [1.54, 1.807) is 0 Å². The van der Waals surface area contributed by atoms with Crippen LogP contribution in [-0.4, -0.2) is 15.5 Å². The largest absolute Gasteiger partial charge is 0.346 e. The Morgan fingerprint density at radius 3 is 2.42 bits per heavy atom. The van der Waals surface area contributed by atoms with E-state index < -0.39 is 0 Å². The fraction of sp³-hybridized carbons (Fsp3) is 0.333. The van der Waals surface area contributed by atoms with Crippen LogP contribution in [0.15, 0.2) is 54.6 Å². The molecule has 0 radical (unpaired) electrons. The van der Waals surface area contributed by atoms with Crippen LogP contribution < -0.4 is 11.1 Å². The van der Waals surface area contributed by atoms with Crippen LogP contribution in [0.4, 0.5) is 0 Å². The van der Waals surface area contributed by atoms with Gasteiger partial charge in [-0.25, -0.2) is 4.98 Å². The Bertz CT molecular complexity index is 885. The molecule has 1 heterocycles. The maximum Gasteiger partial charge on any atom is 0.222 e. The molecule has 136 valence electrons. The van der Waals surface area contributed by atoms with Crippen molar-refractivity contribution in [3.05, 3.63) is 66.0 Å². The molecule has 0 fully saturated rings. The summed E-state index contributed by atoms with van der Waals surface area (Å²) < 4.78 is 2.18. The number of nitrogens with zero attached hydrogens (tertiary/aromatic N) is 2. The Kier molecular flexibility index (Phi) is 5.38. The van der Waals surface area contributed by atoms with Gasteiger partial charge in [0.1, 0.15) is 5.82 Å². The minimum atomic E-state index is -0.313. The van der Waals surface area contributed by atoms with Gasteiger partial charge in [0.05, 0.1) is 17.1 Å². The molecule has 3 N–H and O–H groups in total. The Morgan fingerprint density at radius 2 is 1.73 bits per heavy atom. The zero-order valence-corrected chi connectivity index (χ0v) is 15.5. The van der Waals surface area contributed by atoms with Crippen LogP contribution in [0.5, 0.6) is 0 Å². The number of amides is 1. The fourth-order valence-electron chi connectivity index (χ4n) is 3.29. The number of para-hydroxylation sites is 2. The molecule has 5 nitrogen and oxygen atoms in total. The number of aromatic nitrogens is 2. The Hall–Kier alpha value is -2.66. The van der Waals surface area contributed by atoms with Gasteiger partial charge in [0.2, 0.25) is 5.91 Å². The Labute approximate surface area is 154 Å². The number of hydrogen-bond donors (Lipinski definition) is 2. The first-order valence-electron chi connectivity index (χ1n) is 9.04. The van der Waals surface area contributed by atoms with Crippen LogP contribution in [0.2, 0.25) is 0 Å². The normalized spacial score (nSPS) is 13.7. The molecular weight excluding hydrogens is 324 g/mol. The summed E-state index contributed by atoms with van der Waals surface area (Å²) in [5.74, 6) is 0.791. The summed E-state index contributed by atoms with van der Waals surface area (Å²) in [6.07, 6.45) is 0.246. The summed E-state index contributed by atoms with van der Waals surface area (Å²) >= 11 is 0. The van der Waals surface area contributed by atoms with E-state index >= 15 is 0 Å². The van der Waals surface area contributed by atoms with Crippen LogP contribution in [-0.2, 0) is 4.79 Å². The molecule has 3 rings (SSSR count). The van der Waals surface area contributed by atoms with Crippen molar-refractivity contribution in [3.8, 4) is 0 Å². The minimum Gasteiger partial charge on any atom is -0.346 e. The van der Waals surface area contributed by atoms with Gasteiger partial charge < -0.3 is 15.6 Å². The van der Waals surface area contributed by atoms with Crippen LogP contribution in [0.25, 0.3) is 11.0 Å². The quantitative estimate of drug-likeness (QED) is 0.708. The predicted octanol–water partition coefficient (Wildman–Crippen LogP) is 3.88. The van der Waals surface area contributed by atoms with Crippen molar-refractivity contribution < 1.29 is 4.79 Å². The number of nitrogens with two attached hydrogens (primary N) is 1. The third-order valence-corrected chi connectivity index (χ3v) is 4.54. The first-order valence-corrected chi connectivity index (χ1v) is 9.04. The molecule has 2 unspecified atom stereocenters. The molecule has 2 aromatic carbocycles. The lowest BCUT2D eigenvalue weighted by Crippen LogP contribution is -2.31. The molecule has 26 heavy (non-hydrogen) atoms. The van der Waals surface area contributed by atoms with E-state index in [1.165, 1.54) is 0 Å². The van der Waals surface area contributed by atoms with E-state index in [0.29, 0.717) is 0 Å². The van der Waals surface area contributed by atoms with E-state index in [9.17, 15) is 4.79 Å². The van der Waals surface area contributed by atoms with E-state index in [-0.39, 0.29) is 30.5 Å². The van der Waals surface area contributed by atoms with E-state index in [0.717, 1.165) is 22.4 Å². The molecule has 5 heteroatoms. The third kappa shape index (κ3) is 3.78. The first-order chi connectivity index (χ1) is 12.5. The zero-order valence-electron chi connectivity index (χ0n) is 15.5. The SMILES string of the molecule is CC(NC(=O)CC(N)c1ccccc1)c1nc2ccccc2n1C(C)C. The van der Waals surface area contributed by atoms with Gasteiger partial charge in [-0.1, -0.05) is 42.5 Å². The lowest BCUT2D eigenvalue weighted by atomic mass is 10.0. The second-order valence-electron chi connectivity index (χ2n) is 6.93. The lowest BCUT2D eigenvalue weighted by molar-refractivity contribution is -0.122. The van der Waals surface area contributed by atoms with Crippen molar-refractivity contribution in [2.75, 3.05) is 0 Å². The molecule has 0 saturated carbocycles. The number of imidazole rings is 1. The van der Waals surface area contributed by atoms with Crippen LogP contribution in [0.3, 0.4) is 0 Å². The average molecular weight is 350 g/mol. The summed E-state index contributed by atoms with van der Waals surface area (Å²) in [6, 6.07) is 17.5. The zero-order chi connectivity index (χ0) is 18.7. The lowest BCUT2D eigenvalue weighted by Gasteiger charge is -2.20. The Balaban J connectivity index is 1.75. The topological polar surface area (TPSA) is 72.9 Å². The van der Waals surface area contributed by atoms with Crippen molar-refractivity contribution in [3.63, 3.8) is 0 Å². The second kappa shape index (κ2) is 7.70. The number of carbonyl (C=O) groups excluding carboxylic acids is 1. The predicted molar refractivity (Wildman–Crippen MR) is 105 cm³/mol. The molecule has 1 aromatic heterocycles. The summed E-state index contributed by atoms with van der Waals surface area (Å²) in [7, 11) is 0. The van der Waals surface area contributed by atoms with Crippen LogP contribution >= 0.6 is 0 Å². The van der Waals surface area contributed by atoms with E-state index in [4.69, 9.17) is 10.7 Å². The summed E-state index contributed by atoms with van der Waals surface area (Å²) in [5, 5.41) is 3.05. The van der Waals surface area contributed by atoms with Gasteiger partial charge >= 0.3 is 0 Å². The van der Waals surface area contributed by atoms with Crippen molar-refractivity contribution >= 4 is 16.9 Å². The number of fused-ring (bicyclic) bond motifs is 1. The smallest absolute Gasteiger partial charge is 0.222 e. The molecular formula is C21H26N4O. The number of hydrogen-bond acceptors (Lipinski definition) is 3. The molecule has 0 aliphatic rings. The minimum absolute atomic E-state index is 0.0729. The molecule has 1 amide bonds. The van der Waals surface area contributed by atoms with Gasteiger partial charge in [-0.2, -0.15) is 0 Å². The molecule has 0 aliphatic carbocycles. The highest BCUT2D eigenvalue weighted by Gasteiger charge is 2.21. The van der Waals surface area contributed by atoms with Crippen LogP contribution in [0, 0.1) is 0 Å². The van der Waals surface area contributed by atoms with Gasteiger partial charge in [0, 0.05) is 18.5 Å². The number of carbonyl (C=O) groups is 1. The summed E-state index contributed by atoms with van der Waals surface area (Å²) in [4.78, 5) is 17.2. The van der Waals surface area contributed by atoms with Gasteiger partial charge in [-0.3, -0.25) is 4.79 Å². The standard InChI is InChI=1S/C21H26N4O/c1-14(2)25-19-12-8-7-11-18(19)24-21(25)15(3)23-20(26)13-17(22)16-9-5-4-6-10-16/h4-12,14-15,17H,13,22H2,1-3H3,(H,23,26). The van der Waals surface area contributed by atoms with E-state index in [1.807, 2.05) is 55.5 Å². The summed E-state index contributed by atoms with van der Waals surface area (Å²) in [6.45, 7) is 6.21. The van der Waals surface area contributed by atoms with Gasteiger partial charge in [-0.15, -0.1) is 0 Å². The highest BCUT2D eigenvalue weighted by atomic mass is 16.1. The number of nitrogens with one attached hydrogen (secondary N) is 1. The molecule has 0 saturated heterocycles. The first kappa shape index (κ1) is 18.1. The van der Waals surface area contributed by atoms with Crippen LogP contribution in [0.1, 0.15) is 56.7 Å². The third-order valence-electron chi connectivity index (χ3n) is 4.54. The highest BCUT2D eigenvalue weighted by Crippen LogP contribution is 2.25. The Morgan fingerprint density at radius 1 is 1.08 bits per heavy atom. The monoisotopic (exact) mass is 350 g/mol. The maximum absolute atomic E-state index is 12.5. The second-order valence-corrected chi connectivity index (χ2v) is 6.93. The van der Waals surface area contributed by atoms with Crippen molar-refractivity contribution in [2.45, 2.75) is 45.3 Å².